The van der Waals surface area contributed by atoms with E-state index in [1.165, 1.54) is 30.5 Å². The summed E-state index contributed by atoms with van der Waals surface area (Å²) >= 11 is 1.30. The SMILES string of the molecule is COc1ccc(OC)c(C2/C(=C(\O)c3ccccc3)C(=O)C(=O)N2c2nc3ccccc3s2)c1. The van der Waals surface area contributed by atoms with Crippen LogP contribution in [0.4, 0.5) is 5.13 Å². The molecule has 1 saturated heterocycles. The number of ether oxygens (including phenoxy) is 2. The second kappa shape index (κ2) is 8.64. The number of nitrogens with zero attached hydrogens (tertiary/aromatic N) is 2. The minimum Gasteiger partial charge on any atom is -0.507 e. The van der Waals surface area contributed by atoms with Crippen LogP contribution in [0.3, 0.4) is 0 Å². The van der Waals surface area contributed by atoms with Crippen molar-refractivity contribution in [3.8, 4) is 11.5 Å². The maximum Gasteiger partial charge on any atom is 0.301 e. The number of ketones is 1. The first-order valence-corrected chi connectivity index (χ1v) is 11.3. The summed E-state index contributed by atoms with van der Waals surface area (Å²) in [4.78, 5) is 32.7. The fourth-order valence-electron chi connectivity index (χ4n) is 4.09. The molecule has 1 aliphatic heterocycles. The van der Waals surface area contributed by atoms with Crippen LogP contribution in [0.5, 0.6) is 11.5 Å². The van der Waals surface area contributed by atoms with Crippen molar-refractivity contribution >= 4 is 44.1 Å². The van der Waals surface area contributed by atoms with Crippen molar-refractivity contribution in [3.63, 3.8) is 0 Å². The topological polar surface area (TPSA) is 89.0 Å². The van der Waals surface area contributed by atoms with Gasteiger partial charge in [0.05, 0.1) is 30.0 Å². The first kappa shape index (κ1) is 21.7. The second-order valence-corrected chi connectivity index (χ2v) is 8.62. The van der Waals surface area contributed by atoms with Crippen molar-refractivity contribution < 1.29 is 24.2 Å². The number of carbonyl (C=O) groups excluding carboxylic acids is 2. The van der Waals surface area contributed by atoms with Gasteiger partial charge < -0.3 is 14.6 Å². The number of para-hydroxylation sites is 1. The summed E-state index contributed by atoms with van der Waals surface area (Å²) in [5.41, 5.74) is 1.60. The van der Waals surface area contributed by atoms with Gasteiger partial charge in [-0.05, 0) is 30.3 Å². The summed E-state index contributed by atoms with van der Waals surface area (Å²) in [5.74, 6) is -0.873. The predicted octanol–water partition coefficient (Wildman–Crippen LogP) is 4.94. The van der Waals surface area contributed by atoms with Crippen LogP contribution in [0.25, 0.3) is 16.0 Å². The zero-order chi connectivity index (χ0) is 23.8. The highest BCUT2D eigenvalue weighted by atomic mass is 32.1. The number of carbonyl (C=O) groups is 2. The van der Waals surface area contributed by atoms with Gasteiger partial charge >= 0.3 is 5.91 Å². The van der Waals surface area contributed by atoms with Gasteiger partial charge in [0.1, 0.15) is 23.3 Å². The zero-order valence-corrected chi connectivity index (χ0v) is 19.2. The average molecular weight is 473 g/mol. The lowest BCUT2D eigenvalue weighted by atomic mass is 9.94. The molecule has 1 atom stereocenters. The molecule has 1 aliphatic rings. The van der Waals surface area contributed by atoms with Gasteiger partial charge in [-0.2, -0.15) is 0 Å². The van der Waals surface area contributed by atoms with Crippen LogP contribution in [-0.2, 0) is 9.59 Å². The van der Waals surface area contributed by atoms with E-state index < -0.39 is 17.7 Å². The quantitative estimate of drug-likeness (QED) is 0.251. The molecule has 0 saturated carbocycles. The minimum absolute atomic E-state index is 0.0398. The lowest BCUT2D eigenvalue weighted by Crippen LogP contribution is -2.29. The molecule has 0 radical (unpaired) electrons. The van der Waals surface area contributed by atoms with Crippen LogP contribution in [0, 0.1) is 0 Å². The number of anilines is 1. The van der Waals surface area contributed by atoms with E-state index in [-0.39, 0.29) is 11.3 Å². The third-order valence-corrected chi connectivity index (χ3v) is 6.75. The summed E-state index contributed by atoms with van der Waals surface area (Å²) < 4.78 is 11.9. The van der Waals surface area contributed by atoms with Crippen LogP contribution in [0.2, 0.25) is 0 Å². The smallest absolute Gasteiger partial charge is 0.301 e. The number of aliphatic hydroxyl groups excluding tert-OH is 1. The molecule has 5 rings (SSSR count). The molecule has 8 heteroatoms. The molecule has 4 aromatic rings. The molecule has 1 fully saturated rings. The number of fused-ring (bicyclic) bond motifs is 1. The average Bonchev–Trinajstić information content (AvgIpc) is 3.42. The van der Waals surface area contributed by atoms with Crippen molar-refractivity contribution in [3.05, 3.63) is 89.5 Å². The van der Waals surface area contributed by atoms with Crippen molar-refractivity contribution in [1.82, 2.24) is 4.98 Å². The van der Waals surface area contributed by atoms with Gasteiger partial charge in [0.2, 0.25) is 0 Å². The molecule has 7 nitrogen and oxygen atoms in total. The largest absolute Gasteiger partial charge is 0.507 e. The van der Waals surface area contributed by atoms with Gasteiger partial charge in [-0.15, -0.1) is 0 Å². The molecule has 0 aliphatic carbocycles. The van der Waals surface area contributed by atoms with Gasteiger partial charge in [-0.1, -0.05) is 53.8 Å². The third kappa shape index (κ3) is 3.48. The molecule has 0 spiro atoms. The highest BCUT2D eigenvalue weighted by molar-refractivity contribution is 7.22. The fourth-order valence-corrected chi connectivity index (χ4v) is 5.08. The summed E-state index contributed by atoms with van der Waals surface area (Å²) in [5, 5.41) is 11.6. The van der Waals surface area contributed by atoms with Crippen LogP contribution in [0.15, 0.2) is 78.4 Å². The summed E-state index contributed by atoms with van der Waals surface area (Å²) in [7, 11) is 3.03. The van der Waals surface area contributed by atoms with Crippen molar-refractivity contribution in [1.29, 1.82) is 0 Å². The molecule has 34 heavy (non-hydrogen) atoms. The lowest BCUT2D eigenvalue weighted by Gasteiger charge is -2.25. The Labute approximate surface area is 199 Å². The second-order valence-electron chi connectivity index (χ2n) is 7.61. The van der Waals surface area contributed by atoms with Gasteiger partial charge in [-0.25, -0.2) is 4.98 Å². The predicted molar refractivity (Wildman–Crippen MR) is 130 cm³/mol. The Morgan fingerprint density at radius 1 is 0.971 bits per heavy atom. The standard InChI is InChI=1S/C26H20N2O5S/c1-32-16-12-13-19(33-2)17(14-16)22-21(23(29)15-8-4-3-5-9-15)24(30)25(31)28(22)26-27-18-10-6-7-11-20(18)34-26/h3-14,22,29H,1-2H3/b23-21+. The number of rotatable bonds is 5. The number of Topliss-reactive ketones (excluding diaryl/α,β-unsaturated/α-hetero) is 1. The zero-order valence-electron chi connectivity index (χ0n) is 18.4. The molecule has 1 aromatic heterocycles. The monoisotopic (exact) mass is 472 g/mol. The van der Waals surface area contributed by atoms with E-state index in [2.05, 4.69) is 4.98 Å². The van der Waals surface area contributed by atoms with E-state index in [0.29, 0.717) is 33.3 Å². The molecular formula is C26H20N2O5S. The number of aliphatic hydroxyl groups is 1. The third-order valence-electron chi connectivity index (χ3n) is 5.71. The first-order valence-electron chi connectivity index (χ1n) is 10.5. The molecule has 1 N–H and O–H groups in total. The summed E-state index contributed by atoms with van der Waals surface area (Å²) in [6, 6.07) is 20.3. The Balaban J connectivity index is 1.79. The Kier molecular flexibility index (Phi) is 5.51. The summed E-state index contributed by atoms with van der Waals surface area (Å²) in [6.45, 7) is 0. The fraction of sp³-hybridized carbons (Fsp3) is 0.115. The highest BCUT2D eigenvalue weighted by Crippen LogP contribution is 2.47. The number of hydrogen-bond acceptors (Lipinski definition) is 7. The Bertz CT molecular complexity index is 1410. The van der Waals surface area contributed by atoms with E-state index in [4.69, 9.17) is 9.47 Å². The number of methoxy groups -OCH3 is 2. The number of aromatic nitrogens is 1. The van der Waals surface area contributed by atoms with E-state index in [1.54, 1.807) is 48.5 Å². The van der Waals surface area contributed by atoms with Crippen LogP contribution >= 0.6 is 11.3 Å². The highest BCUT2D eigenvalue weighted by Gasteiger charge is 2.49. The number of thiazole rings is 1. The van der Waals surface area contributed by atoms with Crippen molar-refractivity contribution in [2.45, 2.75) is 6.04 Å². The molecule has 170 valence electrons. The van der Waals surface area contributed by atoms with E-state index in [9.17, 15) is 14.7 Å². The molecule has 2 heterocycles. The lowest BCUT2D eigenvalue weighted by molar-refractivity contribution is -0.132. The Hall–Kier alpha value is -4.17. The molecule has 1 amide bonds. The van der Waals surface area contributed by atoms with E-state index in [0.717, 1.165) is 4.70 Å². The number of benzene rings is 3. The van der Waals surface area contributed by atoms with Crippen molar-refractivity contribution in [2.75, 3.05) is 19.1 Å². The van der Waals surface area contributed by atoms with Crippen LogP contribution in [0.1, 0.15) is 17.2 Å². The normalized spacial score (nSPS) is 17.4. The Morgan fingerprint density at radius 3 is 2.41 bits per heavy atom. The molecule has 3 aromatic carbocycles. The number of amides is 1. The van der Waals surface area contributed by atoms with Gasteiger partial charge in [-0.3, -0.25) is 14.5 Å². The summed E-state index contributed by atoms with van der Waals surface area (Å²) in [6.07, 6.45) is 0. The van der Waals surface area contributed by atoms with Gasteiger partial charge in [0, 0.05) is 11.1 Å². The Morgan fingerprint density at radius 2 is 1.71 bits per heavy atom. The van der Waals surface area contributed by atoms with Gasteiger partial charge in [0.25, 0.3) is 5.78 Å². The van der Waals surface area contributed by atoms with Crippen molar-refractivity contribution in [2.24, 2.45) is 0 Å². The van der Waals surface area contributed by atoms with Gasteiger partial charge in [0.15, 0.2) is 5.13 Å². The van der Waals surface area contributed by atoms with Crippen LogP contribution < -0.4 is 14.4 Å². The van der Waals surface area contributed by atoms with E-state index >= 15 is 0 Å². The van der Waals surface area contributed by atoms with Crippen LogP contribution in [-0.4, -0.2) is 36.0 Å². The molecular weight excluding hydrogens is 452 g/mol. The maximum atomic E-state index is 13.4. The molecule has 0 bridgehead atoms. The maximum absolute atomic E-state index is 13.4. The minimum atomic E-state index is -0.967. The number of hydrogen-bond donors (Lipinski definition) is 1. The first-order chi connectivity index (χ1) is 16.5. The molecule has 1 unspecified atom stereocenters. The van der Waals surface area contributed by atoms with E-state index in [1.807, 2.05) is 24.3 Å².